The normalized spacial score (nSPS) is 17.1. The Morgan fingerprint density at radius 1 is 1.07 bits per heavy atom. The number of likely N-dealkylation sites (N-methyl/N-ethyl adjacent to an activating group) is 1. The van der Waals surface area contributed by atoms with Crippen LogP contribution in [0.25, 0.3) is 0 Å². The molecular formula is C23H28N4O2S. The molecule has 0 aromatic heterocycles. The van der Waals surface area contributed by atoms with Gasteiger partial charge < -0.3 is 20.0 Å². The second-order valence-electron chi connectivity index (χ2n) is 7.89. The zero-order chi connectivity index (χ0) is 21.1. The number of carbonyl (C=O) groups excluding carboxylic acids is 2. The van der Waals surface area contributed by atoms with Crippen molar-refractivity contribution in [3.8, 4) is 0 Å². The minimum Gasteiger partial charge on any atom is -0.369 e. The van der Waals surface area contributed by atoms with Gasteiger partial charge in [-0.2, -0.15) is 0 Å². The van der Waals surface area contributed by atoms with Crippen molar-refractivity contribution in [2.75, 3.05) is 60.6 Å². The molecule has 7 heteroatoms. The molecule has 6 nitrogen and oxygen atoms in total. The van der Waals surface area contributed by atoms with Crippen LogP contribution in [-0.4, -0.2) is 62.2 Å². The third-order valence-corrected chi connectivity index (χ3v) is 6.74. The van der Waals surface area contributed by atoms with Crippen molar-refractivity contribution in [2.24, 2.45) is 0 Å². The molecule has 0 unspecified atom stereocenters. The zero-order valence-electron chi connectivity index (χ0n) is 17.6. The highest BCUT2D eigenvalue weighted by atomic mass is 32.2. The Morgan fingerprint density at radius 3 is 2.60 bits per heavy atom. The van der Waals surface area contributed by atoms with E-state index in [1.807, 2.05) is 36.4 Å². The van der Waals surface area contributed by atoms with Gasteiger partial charge in [0, 0.05) is 55.4 Å². The first-order valence-electron chi connectivity index (χ1n) is 10.4. The first kappa shape index (κ1) is 20.8. The van der Waals surface area contributed by atoms with Crippen LogP contribution >= 0.6 is 11.8 Å². The van der Waals surface area contributed by atoms with E-state index < -0.39 is 0 Å². The Morgan fingerprint density at radius 2 is 1.83 bits per heavy atom. The Balaban J connectivity index is 1.35. The Kier molecular flexibility index (Phi) is 6.29. The summed E-state index contributed by atoms with van der Waals surface area (Å²) in [6.07, 6.45) is 0.268. The van der Waals surface area contributed by atoms with Crippen LogP contribution in [0, 0.1) is 6.92 Å². The van der Waals surface area contributed by atoms with Gasteiger partial charge in [0.05, 0.1) is 11.4 Å². The van der Waals surface area contributed by atoms with Gasteiger partial charge in [-0.3, -0.25) is 9.59 Å². The maximum absolute atomic E-state index is 12.5. The highest BCUT2D eigenvalue weighted by Gasteiger charge is 2.24. The van der Waals surface area contributed by atoms with E-state index in [0.717, 1.165) is 48.0 Å². The first-order chi connectivity index (χ1) is 14.5. The fourth-order valence-corrected chi connectivity index (χ4v) is 4.91. The van der Waals surface area contributed by atoms with Gasteiger partial charge in [0.15, 0.2) is 0 Å². The quantitative estimate of drug-likeness (QED) is 0.799. The molecule has 0 atom stereocenters. The minimum absolute atomic E-state index is 0.0545. The van der Waals surface area contributed by atoms with Gasteiger partial charge in [0.2, 0.25) is 11.8 Å². The number of hydrogen-bond acceptors (Lipinski definition) is 5. The molecule has 2 amide bonds. The van der Waals surface area contributed by atoms with Gasteiger partial charge in [0.1, 0.15) is 0 Å². The first-order valence-corrected chi connectivity index (χ1v) is 11.4. The topological polar surface area (TPSA) is 55.9 Å². The molecule has 2 aromatic rings. The summed E-state index contributed by atoms with van der Waals surface area (Å²) in [6, 6.07) is 14.0. The molecular weight excluding hydrogens is 396 g/mol. The van der Waals surface area contributed by atoms with Crippen LogP contribution in [0.5, 0.6) is 0 Å². The molecule has 0 saturated carbocycles. The van der Waals surface area contributed by atoms with E-state index in [-0.39, 0.29) is 18.2 Å². The highest BCUT2D eigenvalue weighted by Crippen LogP contribution is 2.35. The molecule has 2 aliphatic rings. The molecule has 4 rings (SSSR count). The van der Waals surface area contributed by atoms with Gasteiger partial charge in [-0.15, -0.1) is 11.8 Å². The van der Waals surface area contributed by atoms with Crippen LogP contribution in [0.3, 0.4) is 0 Å². The largest absolute Gasteiger partial charge is 0.369 e. The Bertz CT molecular complexity index is 941. The number of hydrogen-bond donors (Lipinski definition) is 1. The fourth-order valence-electron chi connectivity index (χ4n) is 3.97. The summed E-state index contributed by atoms with van der Waals surface area (Å²) < 4.78 is 0. The molecule has 0 radical (unpaired) electrons. The van der Waals surface area contributed by atoms with Crippen LogP contribution in [0.1, 0.15) is 12.0 Å². The lowest BCUT2D eigenvalue weighted by Gasteiger charge is -2.35. The van der Waals surface area contributed by atoms with Crippen LogP contribution in [-0.2, 0) is 9.59 Å². The number of piperazine rings is 1. The zero-order valence-corrected chi connectivity index (χ0v) is 18.4. The number of anilines is 3. The van der Waals surface area contributed by atoms with Crippen molar-refractivity contribution in [1.29, 1.82) is 0 Å². The summed E-state index contributed by atoms with van der Waals surface area (Å²) >= 11 is 1.55. The van der Waals surface area contributed by atoms with Crippen LogP contribution in [0.2, 0.25) is 0 Å². The number of nitrogens with zero attached hydrogens (tertiary/aromatic N) is 3. The summed E-state index contributed by atoms with van der Waals surface area (Å²) in [4.78, 5) is 32.4. The SMILES string of the molecule is Cc1cc(NC(=O)CCN2C(=O)CSc3ccccc32)ccc1N1CCN(C)CC1. The molecule has 2 aromatic carbocycles. The summed E-state index contributed by atoms with van der Waals surface area (Å²) in [7, 11) is 2.15. The number of amides is 2. The van der Waals surface area contributed by atoms with Crippen LogP contribution < -0.4 is 15.1 Å². The van der Waals surface area contributed by atoms with Crippen molar-refractivity contribution in [1.82, 2.24) is 4.90 Å². The van der Waals surface area contributed by atoms with E-state index >= 15 is 0 Å². The van der Waals surface area contributed by atoms with Gasteiger partial charge in [-0.05, 0) is 49.9 Å². The maximum atomic E-state index is 12.5. The molecule has 158 valence electrons. The molecule has 1 saturated heterocycles. The molecule has 1 fully saturated rings. The van der Waals surface area contributed by atoms with Crippen molar-refractivity contribution < 1.29 is 9.59 Å². The van der Waals surface area contributed by atoms with Crippen molar-refractivity contribution >= 4 is 40.6 Å². The molecule has 0 bridgehead atoms. The van der Waals surface area contributed by atoms with E-state index in [1.165, 1.54) is 5.69 Å². The number of nitrogens with one attached hydrogen (secondary N) is 1. The summed E-state index contributed by atoms with van der Waals surface area (Å²) in [5.41, 5.74) is 4.10. The lowest BCUT2D eigenvalue weighted by Crippen LogP contribution is -2.44. The number of fused-ring (bicyclic) bond motifs is 1. The van der Waals surface area contributed by atoms with Gasteiger partial charge in [-0.25, -0.2) is 0 Å². The molecule has 0 spiro atoms. The van der Waals surface area contributed by atoms with E-state index in [2.05, 4.69) is 35.2 Å². The Labute approximate surface area is 182 Å². The monoisotopic (exact) mass is 424 g/mol. The number of aryl methyl sites for hydroxylation is 1. The average Bonchev–Trinajstić information content (AvgIpc) is 2.74. The number of rotatable bonds is 5. The second kappa shape index (κ2) is 9.10. The maximum Gasteiger partial charge on any atom is 0.237 e. The second-order valence-corrected chi connectivity index (χ2v) is 8.91. The van der Waals surface area contributed by atoms with E-state index in [4.69, 9.17) is 0 Å². The lowest BCUT2D eigenvalue weighted by atomic mass is 10.1. The van der Waals surface area contributed by atoms with E-state index in [0.29, 0.717) is 12.3 Å². The standard InChI is InChI=1S/C23H28N4O2S/c1-17-15-18(7-8-19(17)26-13-11-25(2)12-14-26)24-22(28)9-10-27-20-5-3-4-6-21(20)30-16-23(27)29/h3-8,15H,9-14,16H2,1-2H3,(H,24,28). The molecule has 2 aliphatic heterocycles. The predicted octanol–water partition coefficient (Wildman–Crippen LogP) is 3.21. The van der Waals surface area contributed by atoms with E-state index in [9.17, 15) is 9.59 Å². The lowest BCUT2D eigenvalue weighted by molar-refractivity contribution is -0.117. The third kappa shape index (κ3) is 4.63. The van der Waals surface area contributed by atoms with Gasteiger partial charge in [0.25, 0.3) is 0 Å². The average molecular weight is 425 g/mol. The van der Waals surface area contributed by atoms with Crippen molar-refractivity contribution in [2.45, 2.75) is 18.2 Å². The third-order valence-electron chi connectivity index (χ3n) is 5.70. The Hall–Kier alpha value is -2.51. The van der Waals surface area contributed by atoms with Crippen LogP contribution in [0.15, 0.2) is 47.4 Å². The summed E-state index contributed by atoms with van der Waals surface area (Å²) in [6.45, 7) is 6.65. The number of para-hydroxylation sites is 1. The predicted molar refractivity (Wildman–Crippen MR) is 124 cm³/mol. The van der Waals surface area contributed by atoms with E-state index in [1.54, 1.807) is 16.7 Å². The van der Waals surface area contributed by atoms with Gasteiger partial charge in [-0.1, -0.05) is 12.1 Å². The highest BCUT2D eigenvalue weighted by molar-refractivity contribution is 8.00. The minimum atomic E-state index is -0.0785. The fraction of sp³-hybridized carbons (Fsp3) is 0.391. The number of thioether (sulfide) groups is 1. The van der Waals surface area contributed by atoms with Gasteiger partial charge >= 0.3 is 0 Å². The molecule has 1 N–H and O–H groups in total. The summed E-state index contributed by atoms with van der Waals surface area (Å²) in [5.74, 6) is 0.398. The van der Waals surface area contributed by atoms with Crippen molar-refractivity contribution in [3.63, 3.8) is 0 Å². The summed E-state index contributed by atoms with van der Waals surface area (Å²) in [5, 5.41) is 2.99. The molecule has 2 heterocycles. The molecule has 0 aliphatic carbocycles. The molecule has 30 heavy (non-hydrogen) atoms. The van der Waals surface area contributed by atoms with Crippen molar-refractivity contribution in [3.05, 3.63) is 48.0 Å². The van der Waals surface area contributed by atoms with Crippen LogP contribution in [0.4, 0.5) is 17.1 Å². The number of benzene rings is 2. The number of carbonyl (C=O) groups is 2. The smallest absolute Gasteiger partial charge is 0.237 e.